The van der Waals surface area contributed by atoms with Gasteiger partial charge in [0.15, 0.2) is 0 Å². The highest BCUT2D eigenvalue weighted by Gasteiger charge is 2.33. The molecule has 1 saturated carbocycles. The zero-order valence-electron chi connectivity index (χ0n) is 13.5. The summed E-state index contributed by atoms with van der Waals surface area (Å²) in [6, 6.07) is 0.227. The van der Waals surface area contributed by atoms with Crippen LogP contribution in [0, 0.1) is 5.92 Å². The van der Waals surface area contributed by atoms with Crippen LogP contribution in [0.15, 0.2) is 0 Å². The minimum atomic E-state index is 0.170. The number of nitrogens with zero attached hydrogens (tertiary/aromatic N) is 1. The van der Waals surface area contributed by atoms with Crippen molar-refractivity contribution in [3.63, 3.8) is 0 Å². The maximum Gasteiger partial charge on any atom is 0.225 e. The van der Waals surface area contributed by atoms with Crippen molar-refractivity contribution >= 4 is 5.91 Å². The van der Waals surface area contributed by atoms with Gasteiger partial charge in [0, 0.05) is 31.7 Å². The Balaban J connectivity index is 1.36. The molecular formula is C17H30N2O3. The molecule has 2 aliphatic heterocycles. The summed E-state index contributed by atoms with van der Waals surface area (Å²) in [5, 5.41) is 0. The molecule has 3 aliphatic rings. The third-order valence-electron chi connectivity index (χ3n) is 5.37. The zero-order valence-corrected chi connectivity index (χ0v) is 13.5. The normalized spacial score (nSPS) is 34.0. The number of nitrogens with two attached hydrogens (primary N) is 1. The summed E-state index contributed by atoms with van der Waals surface area (Å²) in [6.07, 6.45) is 8.88. The molecule has 3 fully saturated rings. The Hall–Kier alpha value is -0.650. The third kappa shape index (κ3) is 4.21. The topological polar surface area (TPSA) is 64.8 Å². The van der Waals surface area contributed by atoms with Crippen molar-refractivity contribution in [3.8, 4) is 0 Å². The summed E-state index contributed by atoms with van der Waals surface area (Å²) in [5.41, 5.74) is 5.92. The van der Waals surface area contributed by atoms with E-state index in [2.05, 4.69) is 0 Å². The summed E-state index contributed by atoms with van der Waals surface area (Å²) >= 11 is 0. The lowest BCUT2D eigenvalue weighted by Gasteiger charge is -2.34. The Morgan fingerprint density at radius 1 is 1.14 bits per heavy atom. The van der Waals surface area contributed by atoms with Crippen LogP contribution in [0.3, 0.4) is 0 Å². The molecule has 5 nitrogen and oxygen atoms in total. The van der Waals surface area contributed by atoms with Crippen molar-refractivity contribution < 1.29 is 14.3 Å². The fourth-order valence-electron chi connectivity index (χ4n) is 3.92. The minimum absolute atomic E-state index is 0.170. The van der Waals surface area contributed by atoms with Gasteiger partial charge in [-0.05, 0) is 51.4 Å². The van der Waals surface area contributed by atoms with E-state index in [1.807, 2.05) is 4.90 Å². The lowest BCUT2D eigenvalue weighted by molar-refractivity contribution is -0.139. The number of hydrogen-bond donors (Lipinski definition) is 1. The van der Waals surface area contributed by atoms with E-state index < -0.39 is 0 Å². The molecule has 1 aliphatic carbocycles. The Morgan fingerprint density at radius 2 is 1.95 bits per heavy atom. The number of ether oxygens (including phenoxy) is 2. The zero-order chi connectivity index (χ0) is 15.4. The number of amides is 1. The first-order valence-corrected chi connectivity index (χ1v) is 9.00. The molecule has 0 spiro atoms. The van der Waals surface area contributed by atoms with Gasteiger partial charge in [0.2, 0.25) is 5.91 Å². The van der Waals surface area contributed by atoms with Gasteiger partial charge in [-0.3, -0.25) is 4.79 Å². The second-order valence-electron chi connectivity index (χ2n) is 7.12. The SMILES string of the molecule is NC1CCC(C(=O)N2CCC(OCC3CCCCO3)CC2)C1. The van der Waals surface area contributed by atoms with Gasteiger partial charge < -0.3 is 20.1 Å². The molecule has 0 bridgehead atoms. The second-order valence-corrected chi connectivity index (χ2v) is 7.12. The van der Waals surface area contributed by atoms with Gasteiger partial charge in [-0.25, -0.2) is 0 Å². The number of piperidine rings is 1. The third-order valence-corrected chi connectivity index (χ3v) is 5.37. The highest BCUT2D eigenvalue weighted by Crippen LogP contribution is 2.27. The molecule has 2 saturated heterocycles. The van der Waals surface area contributed by atoms with Crippen molar-refractivity contribution in [2.75, 3.05) is 26.3 Å². The van der Waals surface area contributed by atoms with Crippen LogP contribution in [0.4, 0.5) is 0 Å². The summed E-state index contributed by atoms with van der Waals surface area (Å²) in [7, 11) is 0. The van der Waals surface area contributed by atoms with Crippen molar-refractivity contribution in [2.24, 2.45) is 11.7 Å². The van der Waals surface area contributed by atoms with Gasteiger partial charge in [-0.2, -0.15) is 0 Å². The Kier molecular flexibility index (Phi) is 5.71. The van der Waals surface area contributed by atoms with E-state index in [1.165, 1.54) is 12.8 Å². The first-order valence-electron chi connectivity index (χ1n) is 9.00. The standard InChI is InChI=1S/C17H30N2O3/c18-14-5-4-13(11-14)17(20)19-8-6-15(7-9-19)22-12-16-3-1-2-10-21-16/h13-16H,1-12,18H2. The minimum Gasteiger partial charge on any atom is -0.376 e. The summed E-state index contributed by atoms with van der Waals surface area (Å²) in [6.45, 7) is 3.27. The smallest absolute Gasteiger partial charge is 0.225 e. The molecule has 1 amide bonds. The molecule has 5 heteroatoms. The lowest BCUT2D eigenvalue weighted by Crippen LogP contribution is -2.44. The van der Waals surface area contributed by atoms with Crippen LogP contribution in [0.2, 0.25) is 0 Å². The van der Waals surface area contributed by atoms with Crippen LogP contribution in [0.1, 0.15) is 51.4 Å². The summed E-state index contributed by atoms with van der Waals surface area (Å²) in [5.74, 6) is 0.491. The number of hydrogen-bond acceptors (Lipinski definition) is 4. The van der Waals surface area contributed by atoms with Gasteiger partial charge >= 0.3 is 0 Å². The van der Waals surface area contributed by atoms with E-state index in [0.29, 0.717) is 12.0 Å². The summed E-state index contributed by atoms with van der Waals surface area (Å²) in [4.78, 5) is 14.5. The number of likely N-dealkylation sites (tertiary alicyclic amines) is 1. The Bertz CT molecular complexity index is 363. The van der Waals surface area contributed by atoms with E-state index in [9.17, 15) is 4.79 Å². The lowest BCUT2D eigenvalue weighted by atomic mass is 10.0. The molecule has 126 valence electrons. The van der Waals surface area contributed by atoms with E-state index in [0.717, 1.165) is 64.8 Å². The highest BCUT2D eigenvalue weighted by atomic mass is 16.5. The van der Waals surface area contributed by atoms with Gasteiger partial charge in [0.25, 0.3) is 0 Å². The van der Waals surface area contributed by atoms with E-state index in [1.54, 1.807) is 0 Å². The number of carbonyl (C=O) groups is 1. The molecule has 2 N–H and O–H groups in total. The largest absolute Gasteiger partial charge is 0.376 e. The molecule has 3 unspecified atom stereocenters. The van der Waals surface area contributed by atoms with Crippen LogP contribution in [-0.4, -0.2) is 55.4 Å². The van der Waals surface area contributed by atoms with Crippen molar-refractivity contribution in [1.29, 1.82) is 0 Å². The number of rotatable bonds is 4. The van der Waals surface area contributed by atoms with Crippen molar-refractivity contribution in [3.05, 3.63) is 0 Å². The predicted octanol–water partition coefficient (Wildman–Crippen LogP) is 1.69. The maximum atomic E-state index is 12.5. The quantitative estimate of drug-likeness (QED) is 0.858. The highest BCUT2D eigenvalue weighted by molar-refractivity contribution is 5.79. The molecule has 0 aromatic carbocycles. The predicted molar refractivity (Wildman–Crippen MR) is 84.5 cm³/mol. The fraction of sp³-hybridized carbons (Fsp3) is 0.941. The van der Waals surface area contributed by atoms with E-state index >= 15 is 0 Å². The maximum absolute atomic E-state index is 12.5. The van der Waals surface area contributed by atoms with Gasteiger partial charge in [-0.15, -0.1) is 0 Å². The van der Waals surface area contributed by atoms with Crippen LogP contribution in [0.5, 0.6) is 0 Å². The van der Waals surface area contributed by atoms with Gasteiger partial charge in [-0.1, -0.05) is 0 Å². The second kappa shape index (κ2) is 7.75. The van der Waals surface area contributed by atoms with Crippen LogP contribution >= 0.6 is 0 Å². The molecule has 0 aromatic rings. The van der Waals surface area contributed by atoms with Crippen LogP contribution in [0.25, 0.3) is 0 Å². The van der Waals surface area contributed by atoms with Crippen molar-refractivity contribution in [1.82, 2.24) is 4.90 Å². The number of carbonyl (C=O) groups excluding carboxylic acids is 1. The summed E-state index contributed by atoms with van der Waals surface area (Å²) < 4.78 is 11.7. The monoisotopic (exact) mass is 310 g/mol. The van der Waals surface area contributed by atoms with Crippen LogP contribution < -0.4 is 5.73 Å². The van der Waals surface area contributed by atoms with E-state index in [4.69, 9.17) is 15.2 Å². The molecule has 0 radical (unpaired) electrons. The molecule has 0 aromatic heterocycles. The first kappa shape index (κ1) is 16.2. The Labute approximate surface area is 133 Å². The average Bonchev–Trinajstić information content (AvgIpc) is 3.00. The van der Waals surface area contributed by atoms with Gasteiger partial charge in [0.05, 0.1) is 18.8 Å². The molecule has 3 atom stereocenters. The molecule has 2 heterocycles. The van der Waals surface area contributed by atoms with E-state index in [-0.39, 0.29) is 18.1 Å². The Morgan fingerprint density at radius 3 is 2.59 bits per heavy atom. The average molecular weight is 310 g/mol. The molecule has 22 heavy (non-hydrogen) atoms. The molecule has 3 rings (SSSR count). The first-order chi connectivity index (χ1) is 10.7. The van der Waals surface area contributed by atoms with Crippen LogP contribution in [-0.2, 0) is 14.3 Å². The molecular weight excluding hydrogens is 280 g/mol. The van der Waals surface area contributed by atoms with Crippen molar-refractivity contribution in [2.45, 2.75) is 69.6 Å². The van der Waals surface area contributed by atoms with Gasteiger partial charge in [0.1, 0.15) is 0 Å². The fourth-order valence-corrected chi connectivity index (χ4v) is 3.92.